The van der Waals surface area contributed by atoms with Crippen LogP contribution >= 0.6 is 0 Å². The van der Waals surface area contributed by atoms with Crippen molar-refractivity contribution < 1.29 is 17.9 Å². The molecule has 2 rings (SSSR count). The highest BCUT2D eigenvalue weighted by Gasteiger charge is 2.30. The molecule has 0 radical (unpaired) electrons. The molecule has 2 nitrogen and oxygen atoms in total. The van der Waals surface area contributed by atoms with Crippen molar-refractivity contribution in [3.05, 3.63) is 29.8 Å². The van der Waals surface area contributed by atoms with Crippen molar-refractivity contribution in [2.45, 2.75) is 50.2 Å². The molecule has 1 saturated carbocycles. The average Bonchev–Trinajstić information content (AvgIpc) is 2.39. The quantitative estimate of drug-likeness (QED) is 0.760. The predicted octanol–water partition coefficient (Wildman–Crippen LogP) is 4.26. The lowest BCUT2D eigenvalue weighted by molar-refractivity contribution is -0.135. The molecule has 1 aromatic carbocycles. The van der Waals surface area contributed by atoms with E-state index in [-0.39, 0.29) is 6.42 Å². The van der Waals surface area contributed by atoms with Crippen LogP contribution in [0.3, 0.4) is 0 Å². The van der Waals surface area contributed by atoms with Crippen LogP contribution in [0.15, 0.2) is 24.3 Å². The second kappa shape index (κ2) is 7.16. The minimum Gasteiger partial charge on any atom is -0.497 e. The van der Waals surface area contributed by atoms with Crippen molar-refractivity contribution in [1.82, 2.24) is 5.32 Å². The number of alkyl halides is 3. The molecule has 0 aliphatic heterocycles. The van der Waals surface area contributed by atoms with Crippen molar-refractivity contribution in [2.24, 2.45) is 0 Å². The van der Waals surface area contributed by atoms with Gasteiger partial charge in [-0.2, -0.15) is 13.2 Å². The van der Waals surface area contributed by atoms with Crippen molar-refractivity contribution in [3.8, 4) is 5.75 Å². The number of unbranched alkanes of at least 4 members (excludes halogenated alkanes) is 1. The van der Waals surface area contributed by atoms with Crippen LogP contribution in [0, 0.1) is 0 Å². The maximum atomic E-state index is 12.0. The van der Waals surface area contributed by atoms with Gasteiger partial charge in [0.1, 0.15) is 5.75 Å². The summed E-state index contributed by atoms with van der Waals surface area (Å²) in [6.07, 6.45) is -1.80. The Morgan fingerprint density at radius 2 is 2.00 bits per heavy atom. The largest absolute Gasteiger partial charge is 0.497 e. The zero-order valence-electron chi connectivity index (χ0n) is 12.2. The first-order chi connectivity index (χ1) is 9.98. The number of hydrogen-bond donors (Lipinski definition) is 1. The number of rotatable bonds is 7. The lowest BCUT2D eigenvalue weighted by atomic mass is 9.76. The highest BCUT2D eigenvalue weighted by atomic mass is 19.4. The fourth-order valence-corrected chi connectivity index (χ4v) is 2.71. The fraction of sp³-hybridized carbons (Fsp3) is 0.625. The highest BCUT2D eigenvalue weighted by Crippen LogP contribution is 2.37. The summed E-state index contributed by atoms with van der Waals surface area (Å²) in [7, 11) is 1.66. The standard InChI is InChI=1S/C16H22F3NO/c1-21-15-6-4-5-12(11-15)13-9-14(10-13)20-8-3-2-7-16(17,18)19/h4-6,11,13-14,20H,2-3,7-10H2,1H3. The first kappa shape index (κ1) is 16.1. The first-order valence-electron chi connectivity index (χ1n) is 7.42. The third kappa shape index (κ3) is 5.23. The minimum atomic E-state index is -4.02. The van der Waals surface area contributed by atoms with E-state index < -0.39 is 12.6 Å². The second-order valence-electron chi connectivity index (χ2n) is 5.67. The molecule has 0 bridgehead atoms. The van der Waals surface area contributed by atoms with Crippen molar-refractivity contribution >= 4 is 0 Å². The predicted molar refractivity (Wildman–Crippen MR) is 76.7 cm³/mol. The van der Waals surface area contributed by atoms with Crippen LogP contribution in [-0.4, -0.2) is 25.9 Å². The molecule has 1 aromatic rings. The Labute approximate surface area is 123 Å². The summed E-state index contributed by atoms with van der Waals surface area (Å²) in [6.45, 7) is 0.672. The Morgan fingerprint density at radius 1 is 1.24 bits per heavy atom. The Balaban J connectivity index is 1.61. The van der Waals surface area contributed by atoms with Crippen LogP contribution in [0.2, 0.25) is 0 Å². The Hall–Kier alpha value is -1.23. The van der Waals surface area contributed by atoms with Gasteiger partial charge >= 0.3 is 6.18 Å². The van der Waals surface area contributed by atoms with E-state index in [1.807, 2.05) is 12.1 Å². The van der Waals surface area contributed by atoms with Gasteiger partial charge in [0.05, 0.1) is 7.11 Å². The molecule has 0 atom stereocenters. The normalized spacial score (nSPS) is 21.9. The third-order valence-corrected chi connectivity index (χ3v) is 4.02. The van der Waals surface area contributed by atoms with Crippen LogP contribution in [-0.2, 0) is 0 Å². The smallest absolute Gasteiger partial charge is 0.389 e. The molecule has 1 aliphatic rings. The molecule has 118 valence electrons. The number of methoxy groups -OCH3 is 1. The number of nitrogens with one attached hydrogen (secondary N) is 1. The van der Waals surface area contributed by atoms with Crippen LogP contribution in [0.5, 0.6) is 5.75 Å². The van der Waals surface area contributed by atoms with Crippen molar-refractivity contribution in [2.75, 3.05) is 13.7 Å². The van der Waals surface area contributed by atoms with E-state index >= 15 is 0 Å². The van der Waals surface area contributed by atoms with Crippen LogP contribution in [0.25, 0.3) is 0 Å². The average molecular weight is 301 g/mol. The van der Waals surface area contributed by atoms with Crippen LogP contribution < -0.4 is 10.1 Å². The van der Waals surface area contributed by atoms with Gasteiger partial charge in [-0.3, -0.25) is 0 Å². The van der Waals surface area contributed by atoms with Gasteiger partial charge in [0.2, 0.25) is 0 Å². The molecule has 0 heterocycles. The Kier molecular flexibility index (Phi) is 5.51. The Morgan fingerprint density at radius 3 is 2.67 bits per heavy atom. The molecule has 0 amide bonds. The molecule has 21 heavy (non-hydrogen) atoms. The van der Waals surface area contributed by atoms with E-state index in [9.17, 15) is 13.2 Å². The maximum absolute atomic E-state index is 12.0. The Bertz CT molecular complexity index is 441. The summed E-state index contributed by atoms with van der Waals surface area (Å²) in [5.41, 5.74) is 1.28. The second-order valence-corrected chi connectivity index (χ2v) is 5.67. The topological polar surface area (TPSA) is 21.3 Å². The first-order valence-corrected chi connectivity index (χ1v) is 7.42. The van der Waals surface area contributed by atoms with Gasteiger partial charge in [-0.15, -0.1) is 0 Å². The molecular formula is C16H22F3NO. The zero-order chi connectivity index (χ0) is 15.3. The summed E-state index contributed by atoms with van der Waals surface area (Å²) in [5, 5.41) is 3.34. The maximum Gasteiger partial charge on any atom is 0.389 e. The van der Waals surface area contributed by atoms with Crippen LogP contribution in [0.1, 0.15) is 43.6 Å². The molecular weight excluding hydrogens is 279 g/mol. The number of benzene rings is 1. The number of hydrogen-bond acceptors (Lipinski definition) is 2. The third-order valence-electron chi connectivity index (χ3n) is 4.02. The van der Waals surface area contributed by atoms with E-state index in [2.05, 4.69) is 17.4 Å². The van der Waals surface area contributed by atoms with E-state index in [0.717, 1.165) is 18.6 Å². The summed E-state index contributed by atoms with van der Waals surface area (Å²) < 4.78 is 41.2. The highest BCUT2D eigenvalue weighted by molar-refractivity contribution is 5.32. The van der Waals surface area contributed by atoms with E-state index in [4.69, 9.17) is 4.74 Å². The van der Waals surface area contributed by atoms with Gasteiger partial charge in [-0.25, -0.2) is 0 Å². The minimum absolute atomic E-state index is 0.211. The monoisotopic (exact) mass is 301 g/mol. The van der Waals surface area contributed by atoms with E-state index in [1.54, 1.807) is 7.11 Å². The summed E-state index contributed by atoms with van der Waals surface area (Å²) in [4.78, 5) is 0. The summed E-state index contributed by atoms with van der Waals surface area (Å²) in [5.74, 6) is 1.41. The molecule has 0 spiro atoms. The van der Waals surface area contributed by atoms with Crippen molar-refractivity contribution in [1.29, 1.82) is 0 Å². The van der Waals surface area contributed by atoms with Gasteiger partial charge in [-0.05, 0) is 55.8 Å². The van der Waals surface area contributed by atoms with Gasteiger partial charge < -0.3 is 10.1 Å². The number of halogens is 3. The van der Waals surface area contributed by atoms with Crippen LogP contribution in [0.4, 0.5) is 13.2 Å². The van der Waals surface area contributed by atoms with E-state index in [0.29, 0.717) is 24.9 Å². The molecule has 1 aliphatic carbocycles. The lowest BCUT2D eigenvalue weighted by Gasteiger charge is -2.36. The molecule has 0 aromatic heterocycles. The molecule has 1 fully saturated rings. The molecule has 0 unspecified atom stereocenters. The van der Waals surface area contributed by atoms with Gasteiger partial charge in [0.25, 0.3) is 0 Å². The van der Waals surface area contributed by atoms with Gasteiger partial charge in [0.15, 0.2) is 0 Å². The SMILES string of the molecule is COc1cccc(C2CC(NCCCCC(F)(F)F)C2)c1. The molecule has 0 saturated heterocycles. The van der Waals surface area contributed by atoms with Gasteiger partial charge in [-0.1, -0.05) is 12.1 Å². The lowest BCUT2D eigenvalue weighted by Crippen LogP contribution is -2.40. The summed E-state index contributed by atoms with van der Waals surface area (Å²) in [6, 6.07) is 8.52. The fourth-order valence-electron chi connectivity index (χ4n) is 2.71. The zero-order valence-corrected chi connectivity index (χ0v) is 12.2. The van der Waals surface area contributed by atoms with E-state index in [1.165, 1.54) is 5.56 Å². The number of ether oxygens (including phenoxy) is 1. The molecule has 1 N–H and O–H groups in total. The van der Waals surface area contributed by atoms with Crippen molar-refractivity contribution in [3.63, 3.8) is 0 Å². The molecule has 5 heteroatoms. The van der Waals surface area contributed by atoms with Gasteiger partial charge in [0, 0.05) is 12.5 Å². The summed E-state index contributed by atoms with van der Waals surface area (Å²) >= 11 is 0.